The van der Waals surface area contributed by atoms with E-state index in [0.29, 0.717) is 51.6 Å². The highest BCUT2D eigenvalue weighted by atomic mass is 16.7. The number of esters is 1. The molecule has 4 aliphatic carbocycles. The molecule has 0 radical (unpaired) electrons. The Balaban J connectivity index is 1.21. The van der Waals surface area contributed by atoms with E-state index in [1.54, 1.807) is 20.1 Å². The van der Waals surface area contributed by atoms with Gasteiger partial charge in [0.2, 0.25) is 0 Å². The summed E-state index contributed by atoms with van der Waals surface area (Å²) < 4.78 is 22.9. The normalized spacial score (nSPS) is 53.3. The van der Waals surface area contributed by atoms with Gasteiger partial charge >= 0.3 is 5.97 Å². The van der Waals surface area contributed by atoms with Gasteiger partial charge in [0.05, 0.1) is 34.9 Å². The quantitative estimate of drug-likeness (QED) is 0.269. The third-order valence-electron chi connectivity index (χ3n) is 12.1. The number of methoxy groups -OCH3 is 1. The lowest BCUT2D eigenvalue weighted by molar-refractivity contribution is -0.287. The summed E-state index contributed by atoms with van der Waals surface area (Å²) in [5.74, 6) is -0.420. The summed E-state index contributed by atoms with van der Waals surface area (Å²) in [5, 5.41) is 34.8. The molecule has 6 aliphatic rings. The number of aliphatic hydroxyl groups is 3. The van der Waals surface area contributed by atoms with Crippen LogP contribution in [-0.4, -0.2) is 83.2 Å². The number of rotatable bonds is 5. The molecule has 12 atom stereocenters. The largest absolute Gasteiger partial charge is 0.458 e. The summed E-state index contributed by atoms with van der Waals surface area (Å²) in [5.41, 5.74) is -2.52. The minimum atomic E-state index is -1.21. The number of aliphatic hydroxyl groups excluding tert-OH is 1. The van der Waals surface area contributed by atoms with E-state index in [4.69, 9.17) is 18.9 Å². The first-order valence-corrected chi connectivity index (χ1v) is 14.8. The van der Waals surface area contributed by atoms with Crippen LogP contribution in [-0.2, 0) is 28.5 Å². The SMILES string of the molecule is CO[C@@H]1C[C@H](O[C@@H]2CC[C@]3(C=O)[C@H]4CC[C@]5(C)[C@@H](C6=CC(=O)OC6)CC[C@@]5(O)[C@@H]4CC[C@]3(O)C2)O[C@H](C)[C@H]1O. The molecule has 0 aromatic heterocycles. The molecule has 1 saturated heterocycles. The fraction of sp³-hybridized carbons (Fsp3) is 0.867. The average Bonchev–Trinajstić information content (AvgIpc) is 3.45. The van der Waals surface area contributed by atoms with Crippen molar-refractivity contribution in [1.29, 1.82) is 0 Å². The second-order valence-electron chi connectivity index (χ2n) is 13.5. The minimum absolute atomic E-state index is 0.0827. The highest BCUT2D eigenvalue weighted by Gasteiger charge is 2.71. The van der Waals surface area contributed by atoms with E-state index in [0.717, 1.165) is 31.1 Å². The molecule has 3 N–H and O–H groups in total. The van der Waals surface area contributed by atoms with Crippen LogP contribution in [0.3, 0.4) is 0 Å². The topological polar surface area (TPSA) is 132 Å². The van der Waals surface area contributed by atoms with Gasteiger partial charge in [0.1, 0.15) is 19.0 Å². The zero-order valence-corrected chi connectivity index (χ0v) is 23.3. The van der Waals surface area contributed by atoms with Crippen molar-refractivity contribution >= 4 is 12.3 Å². The lowest BCUT2D eigenvalue weighted by atomic mass is 9.41. The Morgan fingerprint density at radius 3 is 2.54 bits per heavy atom. The molecule has 9 nitrogen and oxygen atoms in total. The third-order valence-corrected chi connectivity index (χ3v) is 12.1. The highest BCUT2D eigenvalue weighted by Crippen LogP contribution is 2.70. The van der Waals surface area contributed by atoms with Crippen LogP contribution in [0, 0.1) is 28.6 Å². The molecule has 218 valence electrons. The first-order valence-electron chi connectivity index (χ1n) is 14.8. The molecule has 6 rings (SSSR count). The van der Waals surface area contributed by atoms with Crippen molar-refractivity contribution in [3.05, 3.63) is 11.6 Å². The Labute approximate surface area is 230 Å². The highest BCUT2D eigenvalue weighted by molar-refractivity contribution is 5.85. The van der Waals surface area contributed by atoms with Gasteiger partial charge in [-0.15, -0.1) is 0 Å². The second kappa shape index (κ2) is 9.60. The van der Waals surface area contributed by atoms with Gasteiger partial charge in [0, 0.05) is 31.4 Å². The van der Waals surface area contributed by atoms with Crippen molar-refractivity contribution in [2.75, 3.05) is 13.7 Å². The minimum Gasteiger partial charge on any atom is -0.458 e. The Bertz CT molecular complexity index is 1030. The molecule has 0 aromatic carbocycles. The van der Waals surface area contributed by atoms with Crippen LogP contribution in [0.5, 0.6) is 0 Å². The van der Waals surface area contributed by atoms with Gasteiger partial charge in [-0.05, 0) is 81.6 Å². The maximum Gasteiger partial charge on any atom is 0.331 e. The van der Waals surface area contributed by atoms with Gasteiger partial charge in [-0.25, -0.2) is 4.79 Å². The molecule has 0 bridgehead atoms. The van der Waals surface area contributed by atoms with Crippen LogP contribution in [0.15, 0.2) is 11.6 Å². The fourth-order valence-corrected chi connectivity index (χ4v) is 9.98. The van der Waals surface area contributed by atoms with Gasteiger partial charge in [-0.3, -0.25) is 0 Å². The molecule has 9 heteroatoms. The molecular formula is C30H44O9. The number of hydrogen-bond acceptors (Lipinski definition) is 9. The van der Waals surface area contributed by atoms with E-state index in [2.05, 4.69) is 6.92 Å². The number of aldehydes is 1. The van der Waals surface area contributed by atoms with Crippen LogP contribution in [0.2, 0.25) is 0 Å². The fourth-order valence-electron chi connectivity index (χ4n) is 9.98. The van der Waals surface area contributed by atoms with Crippen molar-refractivity contribution in [3.63, 3.8) is 0 Å². The predicted octanol–water partition coefficient (Wildman–Crippen LogP) is 2.43. The Morgan fingerprint density at radius 1 is 1.08 bits per heavy atom. The summed E-state index contributed by atoms with van der Waals surface area (Å²) in [6, 6.07) is 0. The number of carbonyl (C=O) groups excluding carboxylic acids is 2. The van der Waals surface area contributed by atoms with E-state index in [9.17, 15) is 24.9 Å². The van der Waals surface area contributed by atoms with Crippen LogP contribution in [0.4, 0.5) is 0 Å². The first-order chi connectivity index (χ1) is 18.5. The predicted molar refractivity (Wildman–Crippen MR) is 138 cm³/mol. The van der Waals surface area contributed by atoms with Crippen molar-refractivity contribution in [2.24, 2.45) is 28.6 Å². The molecule has 4 saturated carbocycles. The molecule has 0 unspecified atom stereocenters. The molecule has 2 heterocycles. The molecular weight excluding hydrogens is 504 g/mol. The van der Waals surface area contributed by atoms with Crippen molar-refractivity contribution in [3.8, 4) is 0 Å². The summed E-state index contributed by atoms with van der Waals surface area (Å²) in [6.45, 7) is 4.25. The third kappa shape index (κ3) is 3.94. The lowest BCUT2D eigenvalue weighted by Crippen LogP contribution is -2.69. The maximum absolute atomic E-state index is 13.0. The van der Waals surface area contributed by atoms with Gasteiger partial charge in [-0.2, -0.15) is 0 Å². The second-order valence-corrected chi connectivity index (χ2v) is 13.5. The molecule has 0 amide bonds. The van der Waals surface area contributed by atoms with Crippen LogP contribution >= 0.6 is 0 Å². The van der Waals surface area contributed by atoms with Crippen molar-refractivity contribution in [2.45, 2.75) is 120 Å². The van der Waals surface area contributed by atoms with E-state index in [-0.39, 0.29) is 35.9 Å². The summed E-state index contributed by atoms with van der Waals surface area (Å²) in [6.07, 6.45) is 6.10. The van der Waals surface area contributed by atoms with Crippen LogP contribution in [0.1, 0.15) is 78.1 Å². The zero-order valence-electron chi connectivity index (χ0n) is 23.3. The Kier molecular flexibility index (Phi) is 6.84. The summed E-state index contributed by atoms with van der Waals surface area (Å²) in [7, 11) is 1.57. The standard InChI is InChI=1S/C30H44O9/c1-17-26(33)23(36-3)13-25(38-17)39-19-4-9-28(16-31)21-5-8-27(2)20(18-12-24(32)37-15-18)7-11-30(27,35)22(21)6-10-29(28,34)14-19/h12,16-17,19-23,25-26,33-35H,4-11,13-15H2,1-3H3/t17-,19-,20-,21+,22-,23-,25+,26-,27-,28+,29+,30-/m1/s1. The van der Waals surface area contributed by atoms with Gasteiger partial charge in [-0.1, -0.05) is 6.92 Å². The summed E-state index contributed by atoms with van der Waals surface area (Å²) in [4.78, 5) is 24.8. The van der Waals surface area contributed by atoms with Crippen molar-refractivity contribution < 1.29 is 43.9 Å². The van der Waals surface area contributed by atoms with Gasteiger partial charge in [0.15, 0.2) is 6.29 Å². The van der Waals surface area contributed by atoms with E-state index >= 15 is 0 Å². The Morgan fingerprint density at radius 2 is 1.85 bits per heavy atom. The number of cyclic esters (lactones) is 1. The molecule has 5 fully saturated rings. The zero-order chi connectivity index (χ0) is 27.8. The molecule has 0 spiro atoms. The maximum atomic E-state index is 13.0. The monoisotopic (exact) mass is 548 g/mol. The van der Waals surface area contributed by atoms with Gasteiger partial charge < -0.3 is 39.1 Å². The van der Waals surface area contributed by atoms with Crippen LogP contribution < -0.4 is 0 Å². The van der Waals surface area contributed by atoms with Gasteiger partial charge in [0.25, 0.3) is 0 Å². The van der Waals surface area contributed by atoms with Crippen molar-refractivity contribution in [1.82, 2.24) is 0 Å². The molecule has 39 heavy (non-hydrogen) atoms. The number of hydrogen-bond donors (Lipinski definition) is 3. The number of fused-ring (bicyclic) bond motifs is 5. The number of carbonyl (C=O) groups is 2. The van der Waals surface area contributed by atoms with E-state index in [1.807, 2.05) is 0 Å². The molecule has 2 aliphatic heterocycles. The van der Waals surface area contributed by atoms with E-state index < -0.39 is 40.5 Å². The lowest BCUT2D eigenvalue weighted by Gasteiger charge is -2.65. The smallest absolute Gasteiger partial charge is 0.331 e. The molecule has 0 aromatic rings. The average molecular weight is 549 g/mol. The van der Waals surface area contributed by atoms with Crippen LogP contribution in [0.25, 0.3) is 0 Å². The number of ether oxygens (including phenoxy) is 4. The Hall–Kier alpha value is -1.36. The van der Waals surface area contributed by atoms with E-state index in [1.165, 1.54) is 0 Å². The summed E-state index contributed by atoms with van der Waals surface area (Å²) >= 11 is 0. The first kappa shape index (κ1) is 27.8.